The van der Waals surface area contributed by atoms with Gasteiger partial charge in [0.15, 0.2) is 0 Å². The van der Waals surface area contributed by atoms with Crippen LogP contribution in [0.5, 0.6) is 0 Å². The monoisotopic (exact) mass is 599 g/mol. The van der Waals surface area contributed by atoms with Crippen LogP contribution in [0.15, 0.2) is 0 Å². The molecule has 4 saturated heterocycles. The van der Waals surface area contributed by atoms with Crippen LogP contribution in [0.25, 0.3) is 0 Å². The predicted molar refractivity (Wildman–Crippen MR) is 140 cm³/mol. The Morgan fingerprint density at radius 2 is 1.72 bits per heavy atom. The maximum absolute atomic E-state index is 14.4. The minimum atomic E-state index is -4.63. The first-order valence-corrected chi connectivity index (χ1v) is 16.5. The number of sulfone groups is 1. The smallest absolute Gasteiger partial charge is 0.383 e. The highest BCUT2D eigenvalue weighted by atomic mass is 35.5. The van der Waals surface area contributed by atoms with Gasteiger partial charge in [-0.2, -0.15) is 13.2 Å². The van der Waals surface area contributed by atoms with Crippen LogP contribution in [0.4, 0.5) is 13.2 Å². The van der Waals surface area contributed by atoms with Crippen molar-refractivity contribution in [2.75, 3.05) is 31.6 Å². The number of amides is 1. The lowest BCUT2D eigenvalue weighted by Crippen LogP contribution is -2.70. The number of aliphatic hydroxyl groups excluding tert-OH is 1. The van der Waals surface area contributed by atoms with Gasteiger partial charge in [0.2, 0.25) is 0 Å². The third-order valence-corrected chi connectivity index (χ3v) is 11.8. The number of likely N-dealkylation sites (N-methyl/N-ethyl adjacent to an activating group) is 1. The fourth-order valence-corrected chi connectivity index (χ4v) is 9.61. The topological polar surface area (TPSA) is 105 Å². The van der Waals surface area contributed by atoms with Crippen molar-refractivity contribution in [3.05, 3.63) is 0 Å². The molecular weight excluding hydrogens is 559 g/mol. The SMILES string of the molecule is CN(C(=O)[C@@H](O)C1CCS(=O)(=O)CC1)[C@@H](C1CCC(N2CCCC3C2CNC2CC(Cl)NN23)CC1)C(F)(F)F. The Morgan fingerprint density at radius 1 is 1.05 bits per heavy atom. The molecule has 3 N–H and O–H groups in total. The summed E-state index contributed by atoms with van der Waals surface area (Å²) in [5.41, 5.74) is 3.27. The molecule has 5 aliphatic rings. The van der Waals surface area contributed by atoms with Gasteiger partial charge in [-0.05, 0) is 69.7 Å². The molecule has 1 saturated carbocycles. The van der Waals surface area contributed by atoms with E-state index in [0.717, 1.165) is 39.4 Å². The fraction of sp³-hybridized carbons (Fsp3) is 0.960. The zero-order valence-electron chi connectivity index (χ0n) is 22.3. The lowest BCUT2D eigenvalue weighted by Gasteiger charge is -2.53. The Bertz CT molecular complexity index is 985. The summed E-state index contributed by atoms with van der Waals surface area (Å²) in [7, 11) is -2.09. The van der Waals surface area contributed by atoms with E-state index in [0.29, 0.717) is 36.6 Å². The molecule has 0 aromatic heterocycles. The number of carbonyl (C=O) groups excluding carboxylic acids is 1. The lowest BCUT2D eigenvalue weighted by atomic mass is 9.78. The Hall–Kier alpha value is -0.700. The second kappa shape index (κ2) is 11.5. The molecule has 6 atom stereocenters. The highest BCUT2D eigenvalue weighted by Gasteiger charge is 2.52. The standard InChI is InChI=1S/C25H41ClF3N5O4S/c1-32(24(36)22(35)15-8-11-39(37,38)12-9-15)23(25(27,28)29)16-4-6-17(7-5-16)33-10-2-3-18-19(33)14-30-21-13-20(26)31-34(18)21/h15-23,30-31,35H,2-14H2,1H3/t16?,17?,18?,19?,20?,21?,22-,23-/m0/s1. The van der Waals surface area contributed by atoms with E-state index in [1.165, 1.54) is 0 Å². The number of likely N-dealkylation sites (tertiary alicyclic amines) is 1. The summed E-state index contributed by atoms with van der Waals surface area (Å²) >= 11 is 6.34. The molecule has 0 bridgehead atoms. The van der Waals surface area contributed by atoms with Gasteiger partial charge in [-0.25, -0.2) is 18.9 Å². The molecule has 4 aliphatic heterocycles. The quantitative estimate of drug-likeness (QED) is 0.324. The largest absolute Gasteiger partial charge is 0.409 e. The number of fused-ring (bicyclic) bond motifs is 3. The summed E-state index contributed by atoms with van der Waals surface area (Å²) in [5, 5.41) is 16.4. The predicted octanol–water partition coefficient (Wildman–Crippen LogP) is 1.66. The van der Waals surface area contributed by atoms with E-state index in [4.69, 9.17) is 11.6 Å². The molecule has 5 fully saturated rings. The van der Waals surface area contributed by atoms with Crippen LogP contribution in [-0.2, 0) is 14.6 Å². The number of rotatable bonds is 5. The zero-order valence-corrected chi connectivity index (χ0v) is 23.9. The molecule has 1 amide bonds. The molecule has 0 aromatic carbocycles. The van der Waals surface area contributed by atoms with E-state index in [1.807, 2.05) is 0 Å². The minimum absolute atomic E-state index is 0.0803. The number of hydrogen-bond acceptors (Lipinski definition) is 8. The minimum Gasteiger partial charge on any atom is -0.383 e. The second-order valence-electron chi connectivity index (χ2n) is 12.1. The Kier molecular flexibility index (Phi) is 8.80. The van der Waals surface area contributed by atoms with Crippen LogP contribution in [0.2, 0.25) is 0 Å². The highest BCUT2D eigenvalue weighted by molar-refractivity contribution is 7.91. The summed E-state index contributed by atoms with van der Waals surface area (Å²) < 4.78 is 66.5. The average Bonchev–Trinajstić information content (AvgIpc) is 3.28. The molecule has 0 spiro atoms. The van der Waals surface area contributed by atoms with Gasteiger partial charge in [0.25, 0.3) is 5.91 Å². The van der Waals surface area contributed by atoms with Gasteiger partial charge < -0.3 is 10.0 Å². The summed E-state index contributed by atoms with van der Waals surface area (Å²) in [6.07, 6.45) is -1.03. The molecule has 5 rings (SSSR count). The van der Waals surface area contributed by atoms with Gasteiger partial charge in [-0.1, -0.05) is 0 Å². The van der Waals surface area contributed by atoms with E-state index < -0.39 is 45.9 Å². The van der Waals surface area contributed by atoms with Crippen molar-refractivity contribution in [2.45, 2.75) is 106 Å². The molecule has 9 nitrogen and oxygen atoms in total. The zero-order chi connectivity index (χ0) is 28.1. The van der Waals surface area contributed by atoms with Crippen LogP contribution < -0.4 is 10.7 Å². The summed E-state index contributed by atoms with van der Waals surface area (Å²) in [6, 6.07) is -1.21. The van der Waals surface area contributed by atoms with Crippen molar-refractivity contribution in [2.24, 2.45) is 11.8 Å². The second-order valence-corrected chi connectivity index (χ2v) is 14.9. The maximum atomic E-state index is 14.4. The summed E-state index contributed by atoms with van der Waals surface area (Å²) in [5.74, 6) is -2.69. The van der Waals surface area contributed by atoms with Crippen molar-refractivity contribution >= 4 is 27.3 Å². The molecule has 1 aliphatic carbocycles. The van der Waals surface area contributed by atoms with Gasteiger partial charge in [-0.15, -0.1) is 11.6 Å². The maximum Gasteiger partial charge on any atom is 0.409 e. The van der Waals surface area contributed by atoms with Crippen LogP contribution in [0.3, 0.4) is 0 Å². The van der Waals surface area contributed by atoms with Crippen molar-refractivity contribution < 1.29 is 31.5 Å². The molecule has 39 heavy (non-hydrogen) atoms. The van der Waals surface area contributed by atoms with Gasteiger partial charge >= 0.3 is 6.18 Å². The van der Waals surface area contributed by atoms with E-state index in [9.17, 15) is 31.5 Å². The van der Waals surface area contributed by atoms with E-state index in [-0.39, 0.29) is 48.1 Å². The number of halogens is 4. The fourth-order valence-electron chi connectivity index (χ4n) is 7.80. The Balaban J connectivity index is 1.21. The van der Waals surface area contributed by atoms with Crippen LogP contribution in [-0.4, -0.2) is 114 Å². The summed E-state index contributed by atoms with van der Waals surface area (Å²) in [4.78, 5) is 16.2. The molecular formula is C25H41ClF3N5O4S. The van der Waals surface area contributed by atoms with E-state index in [2.05, 4.69) is 20.7 Å². The number of aliphatic hydroxyl groups is 1. The molecule has 4 unspecified atom stereocenters. The third-order valence-electron chi connectivity index (χ3n) is 9.82. The molecule has 4 heterocycles. The van der Waals surface area contributed by atoms with Crippen molar-refractivity contribution in [1.29, 1.82) is 0 Å². The van der Waals surface area contributed by atoms with Crippen LogP contribution in [0.1, 0.15) is 57.8 Å². The van der Waals surface area contributed by atoms with Crippen LogP contribution >= 0.6 is 11.6 Å². The van der Waals surface area contributed by atoms with Crippen molar-refractivity contribution in [1.82, 2.24) is 25.6 Å². The first kappa shape index (κ1) is 29.8. The molecule has 224 valence electrons. The average molecular weight is 600 g/mol. The first-order valence-electron chi connectivity index (χ1n) is 14.3. The molecule has 0 aromatic rings. The highest BCUT2D eigenvalue weighted by Crippen LogP contribution is 2.41. The number of hydrazine groups is 1. The van der Waals surface area contributed by atoms with E-state index in [1.54, 1.807) is 0 Å². The van der Waals surface area contributed by atoms with Gasteiger partial charge in [0, 0.05) is 38.1 Å². The van der Waals surface area contributed by atoms with Crippen LogP contribution in [0, 0.1) is 11.8 Å². The molecule has 0 radical (unpaired) electrons. The Morgan fingerprint density at radius 3 is 2.36 bits per heavy atom. The number of carbonyl (C=O) groups is 1. The van der Waals surface area contributed by atoms with E-state index >= 15 is 0 Å². The number of nitrogens with zero attached hydrogens (tertiary/aromatic N) is 3. The van der Waals surface area contributed by atoms with Gasteiger partial charge in [0.1, 0.15) is 22.0 Å². The Labute approximate surface area is 233 Å². The van der Waals surface area contributed by atoms with Crippen molar-refractivity contribution in [3.63, 3.8) is 0 Å². The van der Waals surface area contributed by atoms with Crippen molar-refractivity contribution in [3.8, 4) is 0 Å². The lowest BCUT2D eigenvalue weighted by molar-refractivity contribution is -0.205. The van der Waals surface area contributed by atoms with Gasteiger partial charge in [0.05, 0.1) is 23.2 Å². The summed E-state index contributed by atoms with van der Waals surface area (Å²) in [6.45, 7) is 1.76. The molecule has 14 heteroatoms. The number of nitrogens with one attached hydrogen (secondary N) is 2. The third kappa shape index (κ3) is 6.24. The first-order chi connectivity index (χ1) is 18.4. The number of alkyl halides is 4. The number of hydrogen-bond donors (Lipinski definition) is 3. The normalized spacial score (nSPS) is 38.0. The number of piperidine rings is 1. The van der Waals surface area contributed by atoms with Gasteiger partial charge in [-0.3, -0.25) is 15.0 Å².